The Kier molecular flexibility index (Phi) is 6.83. The van der Waals surface area contributed by atoms with Crippen molar-refractivity contribution in [3.63, 3.8) is 0 Å². The molecule has 2 heterocycles. The first-order valence-electron chi connectivity index (χ1n) is 11.0. The number of pyridine rings is 1. The van der Waals surface area contributed by atoms with Gasteiger partial charge in [-0.3, -0.25) is 0 Å². The van der Waals surface area contributed by atoms with E-state index in [1.54, 1.807) is 12.1 Å². The number of phenolic OH excluding ortho intramolecular Hbond substituents is 1. The number of alkyl halides is 3. The zero-order chi connectivity index (χ0) is 27.0. The first kappa shape index (κ1) is 26.0. The highest BCUT2D eigenvalue weighted by Gasteiger charge is 2.40. The van der Waals surface area contributed by atoms with Crippen molar-refractivity contribution in [3.05, 3.63) is 78.1 Å². The molecule has 4 aromatic rings. The Labute approximate surface area is 214 Å². The van der Waals surface area contributed by atoms with Crippen LogP contribution < -0.4 is 9.64 Å². The van der Waals surface area contributed by atoms with Crippen LogP contribution in [0.2, 0.25) is 0 Å². The number of carbonyl (C=O) groups is 1. The number of hydrogen-bond acceptors (Lipinski definition) is 6. The highest BCUT2D eigenvalue weighted by Crippen LogP contribution is 2.46. The van der Waals surface area contributed by atoms with Gasteiger partial charge >= 0.3 is 12.3 Å². The molecule has 2 N–H and O–H groups in total. The number of halogens is 3. The van der Waals surface area contributed by atoms with Gasteiger partial charge in [-0.05, 0) is 41.3 Å². The molecular weight excluding hydrogens is 507 g/mol. The predicted octanol–water partition coefficient (Wildman–Crippen LogP) is 7.84. The number of anilines is 2. The van der Waals surface area contributed by atoms with Crippen LogP contribution in [0, 0.1) is 0 Å². The van der Waals surface area contributed by atoms with E-state index in [1.165, 1.54) is 36.5 Å². The van der Waals surface area contributed by atoms with Crippen molar-refractivity contribution in [1.82, 2.24) is 9.97 Å². The maximum absolute atomic E-state index is 13.9. The van der Waals surface area contributed by atoms with Gasteiger partial charge in [-0.1, -0.05) is 62.4 Å². The lowest BCUT2D eigenvalue weighted by Gasteiger charge is -2.24. The molecule has 0 saturated carbocycles. The molecule has 0 aliphatic heterocycles. The molecule has 2 aromatic heterocycles. The highest BCUT2D eigenvalue weighted by atomic mass is 32.1. The Hall–Kier alpha value is -4.12. The van der Waals surface area contributed by atoms with Gasteiger partial charge in [0.25, 0.3) is 0 Å². The lowest BCUT2D eigenvalue weighted by Crippen LogP contribution is -2.24. The van der Waals surface area contributed by atoms with E-state index >= 15 is 0 Å². The molecule has 7 nitrogen and oxygen atoms in total. The van der Waals surface area contributed by atoms with Gasteiger partial charge in [0.15, 0.2) is 5.69 Å². The molecule has 0 aliphatic rings. The number of ether oxygens (including phenoxy) is 1. The van der Waals surface area contributed by atoms with Gasteiger partial charge in [0, 0.05) is 11.8 Å². The number of aromatic hydroxyl groups is 1. The maximum atomic E-state index is 13.9. The van der Waals surface area contributed by atoms with E-state index in [-0.39, 0.29) is 33.2 Å². The Balaban J connectivity index is 1.85. The zero-order valence-electron chi connectivity index (χ0n) is 19.9. The van der Waals surface area contributed by atoms with E-state index < -0.39 is 23.1 Å². The third kappa shape index (κ3) is 5.51. The number of rotatable bonds is 5. The Morgan fingerprint density at radius 1 is 1.03 bits per heavy atom. The summed E-state index contributed by atoms with van der Waals surface area (Å²) in [5.41, 5.74) is -0.820. The van der Waals surface area contributed by atoms with Crippen LogP contribution >= 0.6 is 11.3 Å². The Morgan fingerprint density at radius 3 is 2.41 bits per heavy atom. The van der Waals surface area contributed by atoms with Crippen molar-refractivity contribution in [1.29, 1.82) is 0 Å². The number of benzene rings is 2. The average Bonchev–Trinajstić information content (AvgIpc) is 3.25. The molecule has 0 fully saturated rings. The van der Waals surface area contributed by atoms with Crippen LogP contribution in [0.4, 0.5) is 28.8 Å². The molecule has 192 valence electrons. The van der Waals surface area contributed by atoms with Crippen LogP contribution in [0.25, 0.3) is 10.4 Å². The molecule has 0 bridgehead atoms. The van der Waals surface area contributed by atoms with Crippen molar-refractivity contribution in [2.24, 2.45) is 0 Å². The second-order valence-electron chi connectivity index (χ2n) is 9.02. The van der Waals surface area contributed by atoms with Crippen LogP contribution in [0.3, 0.4) is 0 Å². The van der Waals surface area contributed by atoms with Crippen LogP contribution in [0.15, 0.2) is 66.9 Å². The fourth-order valence-electron chi connectivity index (χ4n) is 3.64. The van der Waals surface area contributed by atoms with E-state index in [9.17, 15) is 28.2 Å². The smallest absolute Gasteiger partial charge is 0.434 e. The summed E-state index contributed by atoms with van der Waals surface area (Å²) >= 11 is 0.521. The molecular formula is C26H22F3N3O4S. The lowest BCUT2D eigenvalue weighted by molar-refractivity contribution is -0.140. The quantitative estimate of drug-likeness (QED) is 0.273. The zero-order valence-corrected chi connectivity index (χ0v) is 20.8. The van der Waals surface area contributed by atoms with Crippen LogP contribution in [-0.4, -0.2) is 26.3 Å². The average molecular weight is 530 g/mol. The molecule has 2 aromatic carbocycles. The molecule has 1 amide bonds. The van der Waals surface area contributed by atoms with Gasteiger partial charge in [0.1, 0.15) is 17.2 Å². The molecule has 0 unspecified atom stereocenters. The van der Waals surface area contributed by atoms with E-state index in [0.29, 0.717) is 22.0 Å². The summed E-state index contributed by atoms with van der Waals surface area (Å²) in [6, 6.07) is 15.2. The second kappa shape index (κ2) is 9.74. The number of amides is 1. The fraction of sp³-hybridized carbons (Fsp3) is 0.192. The maximum Gasteiger partial charge on any atom is 0.434 e. The SMILES string of the molecule is CC(C)(C)c1ccccc1Oc1ncccc1N(C(=O)O)c1nc(C(F)(F)F)c(-c2cccc(O)c2)s1. The van der Waals surface area contributed by atoms with Crippen LogP contribution in [0.5, 0.6) is 17.4 Å². The lowest BCUT2D eigenvalue weighted by atomic mass is 9.86. The topological polar surface area (TPSA) is 95.8 Å². The molecule has 0 spiro atoms. The van der Waals surface area contributed by atoms with Gasteiger partial charge in [0.05, 0.1) is 4.88 Å². The summed E-state index contributed by atoms with van der Waals surface area (Å²) in [5.74, 6) is 0.0660. The monoisotopic (exact) mass is 529 g/mol. The van der Waals surface area contributed by atoms with Crippen molar-refractivity contribution in [2.75, 3.05) is 4.90 Å². The molecule has 11 heteroatoms. The number of phenols is 1. The summed E-state index contributed by atoms with van der Waals surface area (Å²) in [7, 11) is 0. The van der Waals surface area contributed by atoms with Crippen molar-refractivity contribution < 1.29 is 32.9 Å². The molecule has 0 aliphatic carbocycles. The van der Waals surface area contributed by atoms with E-state index in [2.05, 4.69) is 9.97 Å². The third-order valence-electron chi connectivity index (χ3n) is 5.27. The highest BCUT2D eigenvalue weighted by molar-refractivity contribution is 7.19. The fourth-order valence-corrected chi connectivity index (χ4v) is 4.73. The Morgan fingerprint density at radius 2 is 1.76 bits per heavy atom. The van der Waals surface area contributed by atoms with Crippen LogP contribution in [0.1, 0.15) is 32.0 Å². The van der Waals surface area contributed by atoms with Gasteiger partial charge in [-0.15, -0.1) is 0 Å². The molecule has 37 heavy (non-hydrogen) atoms. The summed E-state index contributed by atoms with van der Waals surface area (Å²) in [4.78, 5) is 20.5. The van der Waals surface area contributed by atoms with E-state index in [1.807, 2.05) is 32.9 Å². The number of thiazole rings is 1. The van der Waals surface area contributed by atoms with Gasteiger partial charge < -0.3 is 14.9 Å². The summed E-state index contributed by atoms with van der Waals surface area (Å²) in [6.07, 6.45) is -5.06. The standard InChI is InChI=1S/C26H22F3N3O4S/c1-25(2,3)17-10-4-5-12-19(17)36-22-18(11-7-13-30-22)32(24(34)35)23-31-21(26(27,28)29)20(37-23)15-8-6-9-16(33)14-15/h4-14,33H,1-3H3,(H,34,35). The van der Waals surface area contributed by atoms with Crippen LogP contribution in [-0.2, 0) is 11.6 Å². The molecule has 0 radical (unpaired) electrons. The number of carboxylic acid groups (broad SMARTS) is 1. The minimum absolute atomic E-state index is 0.0446. The minimum atomic E-state index is -4.88. The largest absolute Gasteiger partial charge is 0.508 e. The van der Waals surface area contributed by atoms with Crippen molar-refractivity contribution >= 4 is 28.2 Å². The van der Waals surface area contributed by atoms with Gasteiger partial charge in [-0.25, -0.2) is 19.7 Å². The summed E-state index contributed by atoms with van der Waals surface area (Å²) < 4.78 is 47.8. The third-order valence-corrected chi connectivity index (χ3v) is 6.36. The number of aromatic nitrogens is 2. The molecule has 0 saturated heterocycles. The normalized spacial score (nSPS) is 11.8. The predicted molar refractivity (Wildman–Crippen MR) is 134 cm³/mol. The summed E-state index contributed by atoms with van der Waals surface area (Å²) in [5, 5.41) is 19.4. The van der Waals surface area contributed by atoms with Crippen molar-refractivity contribution in [2.45, 2.75) is 32.4 Å². The molecule has 4 rings (SSSR count). The number of nitrogens with zero attached hydrogens (tertiary/aromatic N) is 3. The number of hydrogen-bond donors (Lipinski definition) is 2. The molecule has 0 atom stereocenters. The van der Waals surface area contributed by atoms with Gasteiger partial charge in [0.2, 0.25) is 11.0 Å². The van der Waals surface area contributed by atoms with E-state index in [0.717, 1.165) is 11.6 Å². The second-order valence-corrected chi connectivity index (χ2v) is 9.99. The van der Waals surface area contributed by atoms with Crippen molar-refractivity contribution in [3.8, 4) is 27.8 Å². The summed E-state index contributed by atoms with van der Waals surface area (Å²) in [6.45, 7) is 5.94. The first-order valence-corrected chi connectivity index (χ1v) is 11.8. The minimum Gasteiger partial charge on any atom is -0.508 e. The Bertz CT molecular complexity index is 1450. The van der Waals surface area contributed by atoms with Gasteiger partial charge in [-0.2, -0.15) is 13.2 Å². The number of para-hydroxylation sites is 1. The van der Waals surface area contributed by atoms with E-state index in [4.69, 9.17) is 4.74 Å². The first-order chi connectivity index (χ1) is 17.4.